The van der Waals surface area contributed by atoms with Gasteiger partial charge in [0.15, 0.2) is 0 Å². The number of halogens is 1. The maximum Gasteiger partial charge on any atom is 0.0780 e. The van der Waals surface area contributed by atoms with Crippen LogP contribution in [-0.4, -0.2) is 9.38 Å². The predicted molar refractivity (Wildman–Crippen MR) is 138 cm³/mol. The molecule has 175 valence electrons. The maximum atomic E-state index is 5.25. The zero-order valence-corrected chi connectivity index (χ0v) is 25.0. The summed E-state index contributed by atoms with van der Waals surface area (Å²) in [6.45, 7) is 22.3. The number of imidazole rings is 1. The Morgan fingerprint density at radius 2 is 1.52 bits per heavy atom. The van der Waals surface area contributed by atoms with Crippen molar-refractivity contribution in [1.82, 2.24) is 9.38 Å². The van der Waals surface area contributed by atoms with Crippen LogP contribution in [0, 0.1) is 16.9 Å². The number of benzene rings is 2. The van der Waals surface area contributed by atoms with Crippen LogP contribution < -0.4 is 0 Å². The zero-order chi connectivity index (χ0) is 23.2. The first kappa shape index (κ1) is 23.5. The van der Waals surface area contributed by atoms with E-state index in [2.05, 4.69) is 113 Å². The summed E-state index contributed by atoms with van der Waals surface area (Å²) < 4.78 is 3.42. The summed E-state index contributed by atoms with van der Waals surface area (Å²) in [4.78, 5) is 5.25. The number of hydrogen-bond acceptors (Lipinski definition) is 1. The molecule has 2 aliphatic rings. The summed E-state index contributed by atoms with van der Waals surface area (Å²) in [6, 6.07) is 12.1. The minimum absolute atomic E-state index is 0. The van der Waals surface area contributed by atoms with Gasteiger partial charge in [-0.15, -0.1) is 18.2 Å². The van der Waals surface area contributed by atoms with Gasteiger partial charge in [0.05, 0.1) is 16.7 Å². The van der Waals surface area contributed by atoms with Crippen LogP contribution in [0.25, 0.3) is 27.5 Å². The van der Waals surface area contributed by atoms with Gasteiger partial charge in [0.1, 0.15) is 0 Å². The Kier molecular flexibility index (Phi) is 4.50. The number of nitrogens with zero attached hydrogens (tertiary/aromatic N) is 2. The second-order valence-corrected chi connectivity index (χ2v) is 13.3. The third-order valence-corrected chi connectivity index (χ3v) is 11.7. The number of aromatic nitrogens is 2. The third kappa shape index (κ3) is 2.19. The van der Waals surface area contributed by atoms with Crippen LogP contribution in [0.1, 0.15) is 79.0 Å². The molecule has 0 saturated carbocycles. The molecule has 0 amide bonds. The molecule has 2 aliphatic carbocycles. The van der Waals surface area contributed by atoms with Crippen molar-refractivity contribution in [2.75, 3.05) is 0 Å². The van der Waals surface area contributed by atoms with Crippen molar-refractivity contribution in [1.29, 1.82) is 0 Å². The first-order valence-electron chi connectivity index (χ1n) is 11.7. The van der Waals surface area contributed by atoms with E-state index in [0.717, 1.165) is 26.4 Å². The summed E-state index contributed by atoms with van der Waals surface area (Å²) >= 11 is 3.72. The number of fused-ring (bicyclic) bond motifs is 6. The standard InChI is InChI=1S/C29H32BrN2.Ir/c1-25(2)18-15-20-23(32-14-13-16-17(24(32)31-20)11-10-12-19(16)30)22-21(18)29(9,27(25,5)6)28(7,8)26(22,3)4;/h10,12-15H,1-9H3;/q-1;. The Balaban J connectivity index is 0.00000228. The number of pyridine rings is 1. The van der Waals surface area contributed by atoms with Crippen molar-refractivity contribution >= 4 is 43.4 Å². The monoisotopic (exact) mass is 680 g/mol. The molecule has 2 aromatic carbocycles. The molecule has 33 heavy (non-hydrogen) atoms. The summed E-state index contributed by atoms with van der Waals surface area (Å²) in [7, 11) is 0. The number of hydrogen-bond donors (Lipinski definition) is 0. The van der Waals surface area contributed by atoms with E-state index in [-0.39, 0.29) is 47.2 Å². The quantitative estimate of drug-likeness (QED) is 0.172. The van der Waals surface area contributed by atoms with Gasteiger partial charge in [0.2, 0.25) is 0 Å². The summed E-state index contributed by atoms with van der Waals surface area (Å²) in [6.07, 6.45) is 2.21. The fourth-order valence-electron chi connectivity index (χ4n) is 7.49. The SMILES string of the molecule is CC1(C)c2cc3nc4c5[c-]ccc(Br)c5ccn4c3c3c2C(C)(C1(C)C)C(C)(C)C3(C)C.[Ir]. The summed E-state index contributed by atoms with van der Waals surface area (Å²) in [5.41, 5.74) is 8.27. The van der Waals surface area contributed by atoms with Gasteiger partial charge >= 0.3 is 0 Å². The Labute approximate surface area is 219 Å². The van der Waals surface area contributed by atoms with Gasteiger partial charge in [-0.05, 0) is 50.6 Å². The van der Waals surface area contributed by atoms with E-state index >= 15 is 0 Å². The third-order valence-electron chi connectivity index (χ3n) is 11.0. The molecule has 0 fully saturated rings. The van der Waals surface area contributed by atoms with E-state index in [4.69, 9.17) is 4.98 Å². The molecule has 1 radical (unpaired) electrons. The van der Waals surface area contributed by atoms with Crippen LogP contribution in [-0.2, 0) is 36.4 Å². The smallest absolute Gasteiger partial charge is 0.0780 e. The molecule has 0 saturated heterocycles. The molecule has 0 spiro atoms. The van der Waals surface area contributed by atoms with Crippen molar-refractivity contribution in [3.63, 3.8) is 0 Å². The van der Waals surface area contributed by atoms with Crippen molar-refractivity contribution in [2.45, 2.75) is 78.6 Å². The van der Waals surface area contributed by atoms with Crippen molar-refractivity contribution < 1.29 is 20.1 Å². The summed E-state index contributed by atoms with van der Waals surface area (Å²) in [5.74, 6) is 0. The van der Waals surface area contributed by atoms with Crippen LogP contribution in [0.5, 0.6) is 0 Å². The largest absolute Gasteiger partial charge is 0.340 e. The van der Waals surface area contributed by atoms with Gasteiger partial charge in [-0.3, -0.25) is 4.98 Å². The Bertz CT molecular complexity index is 1510. The summed E-state index contributed by atoms with van der Waals surface area (Å²) in [5, 5.41) is 2.23. The van der Waals surface area contributed by atoms with Crippen molar-refractivity contribution in [3.05, 3.63) is 57.7 Å². The van der Waals surface area contributed by atoms with Crippen LogP contribution >= 0.6 is 15.9 Å². The minimum Gasteiger partial charge on any atom is -0.340 e. The zero-order valence-electron chi connectivity index (χ0n) is 21.0. The van der Waals surface area contributed by atoms with Crippen LogP contribution in [0.3, 0.4) is 0 Å². The van der Waals surface area contributed by atoms with Crippen LogP contribution in [0.2, 0.25) is 0 Å². The first-order valence-corrected chi connectivity index (χ1v) is 12.5. The van der Waals surface area contributed by atoms with E-state index < -0.39 is 0 Å². The molecule has 1 unspecified atom stereocenters. The van der Waals surface area contributed by atoms with E-state index in [9.17, 15) is 0 Å². The molecule has 0 aliphatic heterocycles. The van der Waals surface area contributed by atoms with E-state index in [1.54, 1.807) is 5.56 Å². The second kappa shape index (κ2) is 6.31. The molecule has 6 rings (SSSR count). The van der Waals surface area contributed by atoms with Crippen LogP contribution in [0.4, 0.5) is 0 Å². The van der Waals surface area contributed by atoms with Crippen LogP contribution in [0.15, 0.2) is 34.9 Å². The fraction of sp³-hybridized carbons (Fsp3) is 0.483. The average molecular weight is 681 g/mol. The van der Waals surface area contributed by atoms with Gasteiger partial charge < -0.3 is 4.40 Å². The first-order chi connectivity index (χ1) is 14.7. The molecular weight excluding hydrogens is 648 g/mol. The topological polar surface area (TPSA) is 17.3 Å². The Morgan fingerprint density at radius 3 is 2.18 bits per heavy atom. The van der Waals surface area contributed by atoms with E-state index in [0.29, 0.717) is 0 Å². The molecule has 4 heteroatoms. The second-order valence-electron chi connectivity index (χ2n) is 12.4. The predicted octanol–water partition coefficient (Wildman–Crippen LogP) is 8.09. The minimum atomic E-state index is 0. The average Bonchev–Trinajstić information content (AvgIpc) is 3.18. The van der Waals surface area contributed by atoms with Gasteiger partial charge in [-0.25, -0.2) is 0 Å². The molecular formula is C29H32BrIrN2-. The van der Waals surface area contributed by atoms with Gasteiger partial charge in [0, 0.05) is 25.5 Å². The van der Waals surface area contributed by atoms with E-state index in [1.807, 2.05) is 6.07 Å². The molecule has 0 bridgehead atoms. The molecule has 2 nitrogen and oxygen atoms in total. The van der Waals surface area contributed by atoms with Gasteiger partial charge in [0.25, 0.3) is 0 Å². The normalized spacial score (nSPS) is 25.5. The molecule has 1 atom stereocenters. The van der Waals surface area contributed by atoms with Gasteiger partial charge in [-0.1, -0.05) is 99.6 Å². The molecule has 2 aromatic heterocycles. The fourth-order valence-corrected chi connectivity index (χ4v) is 7.95. The van der Waals surface area contributed by atoms with Crippen molar-refractivity contribution in [2.24, 2.45) is 10.8 Å². The number of rotatable bonds is 0. The molecule has 0 N–H and O–H groups in total. The van der Waals surface area contributed by atoms with Gasteiger partial charge in [-0.2, -0.15) is 0 Å². The maximum absolute atomic E-state index is 5.25. The van der Waals surface area contributed by atoms with Crippen molar-refractivity contribution in [3.8, 4) is 0 Å². The Morgan fingerprint density at radius 1 is 0.879 bits per heavy atom. The molecule has 2 heterocycles. The molecule has 4 aromatic rings. The van der Waals surface area contributed by atoms with E-state index in [1.165, 1.54) is 16.6 Å². The Hall–Kier alpha value is -1.22.